The van der Waals surface area contributed by atoms with Gasteiger partial charge in [0, 0.05) is 19.3 Å². The molecule has 0 aliphatic rings. The molecule has 0 bridgehead atoms. The Morgan fingerprint density at radius 2 is 0.417 bits per heavy atom. The fraction of sp³-hybridized carbons (Fsp3) is 0.697. The van der Waals surface area contributed by atoms with Crippen LogP contribution in [0.25, 0.3) is 0 Å². The molecule has 18 heteroatoms. The molecule has 5 atom stereocenters. The van der Waals surface area contributed by atoms with Gasteiger partial charge in [-0.05, 0) is 161 Å². The summed E-state index contributed by atoms with van der Waals surface area (Å²) < 4.78 is 61.7. The molecule has 0 heterocycles. The third-order valence-electron chi connectivity index (χ3n) is 21.6. The highest BCUT2D eigenvalue weighted by molar-refractivity contribution is 7.47. The molecule has 0 spiro atoms. The smallest absolute Gasteiger partial charge is 0.463 e. The molecule has 0 rings (SSSR count). The van der Waals surface area contributed by atoms with Crippen molar-refractivity contribution in [2.45, 2.75) is 450 Å². The summed E-state index contributed by atoms with van der Waals surface area (Å²) in [6, 6.07) is 0. The molecule has 0 saturated carbocycles. The molecule has 16 nitrogen and oxygen atoms in total. The third kappa shape index (κ3) is 101. The maximum atomic E-state index is 13.1. The van der Waals surface area contributed by atoms with E-state index in [9.17, 15) is 43.5 Å². The van der Waals surface area contributed by atoms with Crippen molar-refractivity contribution in [3.05, 3.63) is 182 Å². The average Bonchev–Trinajstić information content (AvgIpc) is 0.898. The molecule has 0 saturated heterocycles. The molecule has 0 aliphatic heterocycles. The highest BCUT2D eigenvalue weighted by Crippen LogP contribution is 2.45. The lowest BCUT2D eigenvalue weighted by atomic mass is 10.0. The Hall–Kier alpha value is -5.35. The van der Waals surface area contributed by atoms with Crippen molar-refractivity contribution in [2.75, 3.05) is 39.6 Å². The second kappa shape index (κ2) is 99.7. The molecule has 728 valence electrons. The minimum absolute atomic E-state index is 0.0968. The van der Waals surface area contributed by atoms with Crippen molar-refractivity contribution in [2.24, 2.45) is 0 Å². The molecule has 0 aromatic rings. The number of rotatable bonds is 96. The predicted molar refractivity (Wildman–Crippen MR) is 537 cm³/mol. The first-order chi connectivity index (χ1) is 62.2. The van der Waals surface area contributed by atoms with E-state index in [1.807, 2.05) is 0 Å². The Morgan fingerprint density at radius 1 is 0.228 bits per heavy atom. The van der Waals surface area contributed by atoms with Crippen molar-refractivity contribution >= 4 is 33.6 Å². The van der Waals surface area contributed by atoms with Gasteiger partial charge < -0.3 is 34.2 Å². The maximum absolute atomic E-state index is 13.1. The number of allylic oxidation sites excluding steroid dienone is 30. The number of hydrogen-bond acceptors (Lipinski definition) is 14. The van der Waals surface area contributed by atoms with Gasteiger partial charge in [-0.15, -0.1) is 0 Å². The van der Waals surface area contributed by atoms with E-state index in [0.29, 0.717) is 19.3 Å². The Labute approximate surface area is 776 Å². The van der Waals surface area contributed by atoms with E-state index in [0.717, 1.165) is 173 Å². The van der Waals surface area contributed by atoms with Gasteiger partial charge in [-0.2, -0.15) is 0 Å². The van der Waals surface area contributed by atoms with Gasteiger partial charge in [-0.1, -0.05) is 434 Å². The molecule has 0 aliphatic carbocycles. The highest BCUT2D eigenvalue weighted by Gasteiger charge is 2.30. The zero-order chi connectivity index (χ0) is 92.1. The third-order valence-corrected chi connectivity index (χ3v) is 23.5. The van der Waals surface area contributed by atoms with Gasteiger partial charge in [-0.25, -0.2) is 9.13 Å². The normalized spacial score (nSPS) is 14.4. The van der Waals surface area contributed by atoms with Crippen molar-refractivity contribution < 1.29 is 75.8 Å². The van der Waals surface area contributed by atoms with Gasteiger partial charge >= 0.3 is 33.6 Å². The summed E-state index contributed by atoms with van der Waals surface area (Å²) in [5.74, 6) is -1.57. The summed E-state index contributed by atoms with van der Waals surface area (Å²) >= 11 is 0. The summed E-state index contributed by atoms with van der Waals surface area (Å²) in [6.45, 7) is 2.49. The molecule has 4 N–H and O–H groups in total. The first-order valence-electron chi connectivity index (χ1n) is 51.1. The standard InChI is InChI=1S/C109H186O16P2/c1-4-7-10-13-16-19-22-25-28-31-34-37-40-43-46-48-49-50-51-52-53-55-58-59-62-65-68-71-74-77-80-83-86-89-92-95-107(112)119-98-104(110)99-121-126(115,116)122-100-105(111)101-123-127(117,118)124-103-106(125-109(114)97-94-91-88-85-82-79-76-73-70-67-64-61-56-45-42-39-36-33-30-27-24-21-18-15-12-9-6-3)102-120-108(113)96-93-90-87-84-81-78-75-72-69-66-63-60-57-54-47-44-41-38-35-32-29-26-23-20-17-14-11-8-5-2/h7,9-10,12,16-21,25-30,34-39,43-47,49-50,56,104-106,110-111H,4-6,8,11,13-15,22-24,31-33,40-42,48,51-55,57-103H2,1-3H3,(H,115,116)(H,117,118)/b10-7-,12-9-,19-16-,20-17-,21-18-,28-25-,29-26-,30-27-,37-34-,38-35-,39-36-,46-43-,47-44-,50-49-,56-45-. The van der Waals surface area contributed by atoms with Crippen LogP contribution >= 0.6 is 15.6 Å². The Bertz CT molecular complexity index is 3040. The van der Waals surface area contributed by atoms with Gasteiger partial charge in [0.1, 0.15) is 25.4 Å². The molecule has 0 aromatic carbocycles. The lowest BCUT2D eigenvalue weighted by molar-refractivity contribution is -0.161. The number of aliphatic hydroxyl groups excluding tert-OH is 2. The van der Waals surface area contributed by atoms with Crippen molar-refractivity contribution in [1.82, 2.24) is 0 Å². The van der Waals surface area contributed by atoms with Gasteiger partial charge in [0.15, 0.2) is 6.10 Å². The largest absolute Gasteiger partial charge is 0.472 e. The van der Waals surface area contributed by atoms with Crippen LogP contribution < -0.4 is 0 Å². The summed E-state index contributed by atoms with van der Waals surface area (Å²) in [7, 11) is -9.82. The summed E-state index contributed by atoms with van der Waals surface area (Å²) in [6.07, 6.45) is 132. The second-order valence-corrected chi connectivity index (χ2v) is 36.8. The Balaban J connectivity index is 4.59. The van der Waals surface area contributed by atoms with E-state index in [1.165, 1.54) is 199 Å². The lowest BCUT2D eigenvalue weighted by Gasteiger charge is -2.21. The number of phosphoric ester groups is 2. The highest BCUT2D eigenvalue weighted by atomic mass is 31.2. The maximum Gasteiger partial charge on any atom is 0.472 e. The van der Waals surface area contributed by atoms with Gasteiger partial charge in [-0.3, -0.25) is 32.5 Å². The van der Waals surface area contributed by atoms with E-state index in [1.54, 1.807) is 0 Å². The minimum Gasteiger partial charge on any atom is -0.463 e. The van der Waals surface area contributed by atoms with Crippen LogP contribution in [0.4, 0.5) is 0 Å². The van der Waals surface area contributed by atoms with Crippen molar-refractivity contribution in [3.8, 4) is 0 Å². The lowest BCUT2D eigenvalue weighted by Crippen LogP contribution is -2.30. The number of ether oxygens (including phenoxy) is 3. The van der Waals surface area contributed by atoms with E-state index >= 15 is 0 Å². The van der Waals surface area contributed by atoms with Crippen LogP contribution in [0.5, 0.6) is 0 Å². The molecule has 0 radical (unpaired) electrons. The Morgan fingerprint density at radius 3 is 0.661 bits per heavy atom. The first kappa shape index (κ1) is 122. The molecule has 0 fully saturated rings. The quantitative estimate of drug-likeness (QED) is 0.0146. The molecular formula is C109H186O16P2. The van der Waals surface area contributed by atoms with Crippen LogP contribution in [0, 0.1) is 0 Å². The number of unbranched alkanes of at least 4 members (excludes halogenated alkanes) is 43. The number of hydrogen-bond donors (Lipinski definition) is 4. The fourth-order valence-electron chi connectivity index (χ4n) is 13.9. The van der Waals surface area contributed by atoms with E-state index < -0.39 is 91.5 Å². The molecule has 0 aromatic heterocycles. The van der Waals surface area contributed by atoms with Crippen molar-refractivity contribution in [1.29, 1.82) is 0 Å². The zero-order valence-corrected chi connectivity index (χ0v) is 82.4. The van der Waals surface area contributed by atoms with E-state index in [4.69, 9.17) is 32.3 Å². The number of phosphoric acid groups is 2. The number of carbonyl (C=O) groups is 3. The SMILES string of the molecule is CC/C=C\C/C=C\C/C=C\C/C=C\C/C=C\C/C=C\CCCCCCCCCCCCCCCCCCC(=O)OCC(O)COP(=O)(O)OCC(O)COP(=O)(O)OCC(COC(=O)CCCCCCCCCCCCCCC/C=C\C/C=C\C/C=C\C/C=C\CCCCC)OC(=O)CCCCCCCCCCCCC/C=C\C/C=C\C/C=C\C/C=C\C/C=C\CC. The fourth-order valence-corrected chi connectivity index (χ4v) is 15.5. The van der Waals surface area contributed by atoms with Crippen molar-refractivity contribution in [3.63, 3.8) is 0 Å². The predicted octanol–water partition coefficient (Wildman–Crippen LogP) is 32.3. The first-order valence-corrected chi connectivity index (χ1v) is 54.1. The minimum atomic E-state index is -4.95. The molecule has 127 heavy (non-hydrogen) atoms. The monoisotopic (exact) mass is 1810 g/mol. The van der Waals surface area contributed by atoms with Crippen LogP contribution in [-0.2, 0) is 55.8 Å². The molecular weight excluding hydrogens is 1630 g/mol. The number of esters is 3. The van der Waals surface area contributed by atoms with Crippen LogP contribution in [0.3, 0.4) is 0 Å². The number of carbonyl (C=O) groups excluding carboxylic acids is 3. The van der Waals surface area contributed by atoms with E-state index in [2.05, 4.69) is 203 Å². The van der Waals surface area contributed by atoms with Gasteiger partial charge in [0.25, 0.3) is 0 Å². The average molecular weight is 1810 g/mol. The van der Waals surface area contributed by atoms with Crippen LogP contribution in [0.1, 0.15) is 432 Å². The summed E-state index contributed by atoms with van der Waals surface area (Å²) in [5.41, 5.74) is 0. The van der Waals surface area contributed by atoms with E-state index in [-0.39, 0.29) is 19.3 Å². The number of aliphatic hydroxyl groups is 2. The van der Waals surface area contributed by atoms with Crippen LogP contribution in [0.15, 0.2) is 182 Å². The van der Waals surface area contributed by atoms with Crippen LogP contribution in [0.2, 0.25) is 0 Å². The topological polar surface area (TPSA) is 231 Å². The van der Waals surface area contributed by atoms with Gasteiger partial charge in [0.2, 0.25) is 0 Å². The summed E-state index contributed by atoms with van der Waals surface area (Å²) in [4.78, 5) is 59.2. The molecule has 5 unspecified atom stereocenters. The van der Waals surface area contributed by atoms with Crippen LogP contribution in [-0.4, -0.2) is 95.9 Å². The zero-order valence-electron chi connectivity index (χ0n) is 80.6. The van der Waals surface area contributed by atoms with Gasteiger partial charge in [0.05, 0.1) is 26.4 Å². The second-order valence-electron chi connectivity index (χ2n) is 33.9. The molecule has 0 amide bonds. The summed E-state index contributed by atoms with van der Waals surface area (Å²) in [5, 5.41) is 20.8. The Kier molecular flexibility index (Phi) is 95.5.